The third-order valence-corrected chi connectivity index (χ3v) is 3.04. The summed E-state index contributed by atoms with van der Waals surface area (Å²) >= 11 is 0. The van der Waals surface area contributed by atoms with Crippen LogP contribution >= 0.6 is 0 Å². The second kappa shape index (κ2) is 6.14. The minimum Gasteiger partial charge on any atom is -0.494 e. The molecule has 1 aromatic carbocycles. The van der Waals surface area contributed by atoms with E-state index in [1.807, 2.05) is 6.07 Å². The molecule has 0 aliphatic rings. The van der Waals surface area contributed by atoms with Crippen molar-refractivity contribution in [2.45, 2.75) is 12.8 Å². The van der Waals surface area contributed by atoms with Crippen LogP contribution in [0.3, 0.4) is 0 Å². The number of hydrogen-bond acceptors (Lipinski definition) is 5. The quantitative estimate of drug-likeness (QED) is 0.618. The number of hydrogen-bond donors (Lipinski definition) is 0. The second-order valence-electron chi connectivity index (χ2n) is 4.21. The molecule has 0 aliphatic heterocycles. The molecule has 2 aromatic rings. The number of carbonyl (C=O) groups excluding carboxylic acids is 2. The summed E-state index contributed by atoms with van der Waals surface area (Å²) < 4.78 is 9.77. The third kappa shape index (κ3) is 2.77. The van der Waals surface area contributed by atoms with Gasteiger partial charge in [-0.05, 0) is 18.2 Å². The average molecular weight is 273 g/mol. The summed E-state index contributed by atoms with van der Waals surface area (Å²) in [5.41, 5.74) is 1.18. The van der Waals surface area contributed by atoms with Crippen molar-refractivity contribution in [1.29, 1.82) is 0 Å². The first-order valence-corrected chi connectivity index (χ1v) is 6.19. The van der Waals surface area contributed by atoms with Gasteiger partial charge in [0, 0.05) is 23.6 Å². The Morgan fingerprint density at radius 1 is 1.15 bits per heavy atom. The molecular weight excluding hydrogens is 258 g/mol. The Hall–Kier alpha value is -2.43. The number of esters is 1. The van der Waals surface area contributed by atoms with E-state index in [1.165, 1.54) is 7.11 Å². The van der Waals surface area contributed by atoms with Gasteiger partial charge in [-0.1, -0.05) is 6.07 Å². The topological polar surface area (TPSA) is 65.5 Å². The molecule has 0 atom stereocenters. The Kier molecular flexibility index (Phi) is 4.30. The molecule has 0 saturated heterocycles. The minimum absolute atomic E-state index is 0.0725. The Balaban J connectivity index is 2.35. The van der Waals surface area contributed by atoms with Crippen molar-refractivity contribution in [3.05, 3.63) is 36.0 Å². The SMILES string of the molecule is COC(=O)CCC(=O)c1ccc(OC)c2ncccc12. The molecule has 2 rings (SSSR count). The Labute approximate surface area is 116 Å². The predicted molar refractivity (Wildman–Crippen MR) is 73.9 cm³/mol. The minimum atomic E-state index is -0.394. The first-order valence-electron chi connectivity index (χ1n) is 6.19. The summed E-state index contributed by atoms with van der Waals surface area (Å²) in [6.07, 6.45) is 1.83. The summed E-state index contributed by atoms with van der Waals surface area (Å²) in [4.78, 5) is 27.5. The number of nitrogens with zero attached hydrogens (tertiary/aromatic N) is 1. The van der Waals surface area contributed by atoms with Crippen molar-refractivity contribution in [2.75, 3.05) is 14.2 Å². The van der Waals surface area contributed by atoms with E-state index in [0.29, 0.717) is 16.8 Å². The number of ketones is 1. The van der Waals surface area contributed by atoms with Gasteiger partial charge < -0.3 is 9.47 Å². The maximum Gasteiger partial charge on any atom is 0.305 e. The van der Waals surface area contributed by atoms with Crippen molar-refractivity contribution in [3.8, 4) is 5.75 Å². The first kappa shape index (κ1) is 14.0. The number of benzene rings is 1. The Morgan fingerprint density at radius 3 is 2.65 bits per heavy atom. The smallest absolute Gasteiger partial charge is 0.305 e. The van der Waals surface area contributed by atoms with Crippen molar-refractivity contribution in [3.63, 3.8) is 0 Å². The number of aromatic nitrogens is 1. The molecule has 0 fully saturated rings. The van der Waals surface area contributed by atoms with Crippen LogP contribution in [0.15, 0.2) is 30.5 Å². The van der Waals surface area contributed by atoms with E-state index < -0.39 is 5.97 Å². The van der Waals surface area contributed by atoms with Crippen LogP contribution in [-0.4, -0.2) is 31.0 Å². The van der Waals surface area contributed by atoms with Gasteiger partial charge >= 0.3 is 5.97 Å². The zero-order valence-corrected chi connectivity index (χ0v) is 11.4. The van der Waals surface area contributed by atoms with Gasteiger partial charge in [-0.25, -0.2) is 0 Å². The molecule has 5 nitrogen and oxygen atoms in total. The normalized spacial score (nSPS) is 10.3. The maximum atomic E-state index is 12.2. The number of fused-ring (bicyclic) bond motifs is 1. The highest BCUT2D eigenvalue weighted by molar-refractivity contribution is 6.09. The van der Waals surface area contributed by atoms with Gasteiger partial charge in [-0.3, -0.25) is 14.6 Å². The predicted octanol–water partition coefficient (Wildman–Crippen LogP) is 2.38. The summed E-state index contributed by atoms with van der Waals surface area (Å²) in [6, 6.07) is 6.98. The molecular formula is C15H15NO4. The van der Waals surface area contributed by atoms with Gasteiger partial charge in [0.05, 0.1) is 20.6 Å². The van der Waals surface area contributed by atoms with Gasteiger partial charge in [0.15, 0.2) is 5.78 Å². The fourth-order valence-electron chi connectivity index (χ4n) is 2.01. The zero-order valence-electron chi connectivity index (χ0n) is 11.4. The highest BCUT2D eigenvalue weighted by Gasteiger charge is 2.14. The number of rotatable bonds is 5. The summed E-state index contributed by atoms with van der Waals surface area (Å²) in [5, 5.41) is 0.724. The van der Waals surface area contributed by atoms with Gasteiger partial charge in [0.2, 0.25) is 0 Å². The molecule has 0 spiro atoms. The molecule has 0 saturated carbocycles. The van der Waals surface area contributed by atoms with Crippen LogP contribution in [-0.2, 0) is 9.53 Å². The molecule has 0 radical (unpaired) electrons. The van der Waals surface area contributed by atoms with E-state index in [-0.39, 0.29) is 18.6 Å². The molecule has 0 unspecified atom stereocenters. The van der Waals surface area contributed by atoms with Crippen LogP contribution in [0.4, 0.5) is 0 Å². The first-order chi connectivity index (χ1) is 9.67. The largest absolute Gasteiger partial charge is 0.494 e. The van der Waals surface area contributed by atoms with E-state index >= 15 is 0 Å². The monoisotopic (exact) mass is 273 g/mol. The van der Waals surface area contributed by atoms with E-state index in [9.17, 15) is 9.59 Å². The van der Waals surface area contributed by atoms with Gasteiger partial charge in [0.1, 0.15) is 11.3 Å². The Morgan fingerprint density at radius 2 is 1.95 bits per heavy atom. The summed E-state index contributed by atoms with van der Waals surface area (Å²) in [5.74, 6) is 0.107. The molecule has 1 aromatic heterocycles. The van der Waals surface area contributed by atoms with Crippen LogP contribution in [0.1, 0.15) is 23.2 Å². The molecule has 20 heavy (non-hydrogen) atoms. The van der Waals surface area contributed by atoms with Gasteiger partial charge in [-0.15, -0.1) is 0 Å². The van der Waals surface area contributed by atoms with Crippen LogP contribution in [0, 0.1) is 0 Å². The number of ether oxygens (including phenoxy) is 2. The highest BCUT2D eigenvalue weighted by atomic mass is 16.5. The fourth-order valence-corrected chi connectivity index (χ4v) is 2.01. The lowest BCUT2D eigenvalue weighted by Crippen LogP contribution is -2.06. The average Bonchev–Trinajstić information content (AvgIpc) is 2.51. The van der Waals surface area contributed by atoms with Crippen LogP contribution in [0.5, 0.6) is 5.75 Å². The fraction of sp³-hybridized carbons (Fsp3) is 0.267. The third-order valence-electron chi connectivity index (χ3n) is 3.04. The highest BCUT2D eigenvalue weighted by Crippen LogP contribution is 2.27. The van der Waals surface area contributed by atoms with Gasteiger partial charge in [0.25, 0.3) is 0 Å². The van der Waals surface area contributed by atoms with E-state index in [2.05, 4.69) is 9.72 Å². The molecule has 0 N–H and O–H groups in total. The van der Waals surface area contributed by atoms with Crippen LogP contribution in [0.2, 0.25) is 0 Å². The molecule has 0 bridgehead atoms. The molecule has 0 amide bonds. The van der Waals surface area contributed by atoms with Gasteiger partial charge in [-0.2, -0.15) is 0 Å². The summed E-state index contributed by atoms with van der Waals surface area (Å²) in [6.45, 7) is 0. The lowest BCUT2D eigenvalue weighted by Gasteiger charge is -2.08. The number of Topliss-reactive ketones (excluding diaryl/α,β-unsaturated/α-hetero) is 1. The van der Waals surface area contributed by atoms with Crippen molar-refractivity contribution in [1.82, 2.24) is 4.98 Å². The van der Waals surface area contributed by atoms with E-state index in [4.69, 9.17) is 4.74 Å². The van der Waals surface area contributed by atoms with Crippen LogP contribution < -0.4 is 4.74 Å². The maximum absolute atomic E-state index is 12.2. The molecule has 5 heteroatoms. The molecule has 104 valence electrons. The standard InChI is InChI=1S/C15H15NO4/c1-19-13-7-5-10(11-4-3-9-16-15(11)13)12(17)6-8-14(18)20-2/h3-5,7,9H,6,8H2,1-2H3. The molecule has 0 aliphatic carbocycles. The second-order valence-corrected chi connectivity index (χ2v) is 4.21. The van der Waals surface area contributed by atoms with Crippen LogP contribution in [0.25, 0.3) is 10.9 Å². The van der Waals surface area contributed by atoms with Crippen molar-refractivity contribution >= 4 is 22.7 Å². The number of pyridine rings is 1. The lowest BCUT2D eigenvalue weighted by atomic mass is 10.0. The summed E-state index contributed by atoms with van der Waals surface area (Å²) in [7, 11) is 2.86. The Bertz CT molecular complexity index is 651. The van der Waals surface area contributed by atoms with E-state index in [1.54, 1.807) is 31.5 Å². The van der Waals surface area contributed by atoms with Crippen molar-refractivity contribution in [2.24, 2.45) is 0 Å². The lowest BCUT2D eigenvalue weighted by molar-refractivity contribution is -0.140. The van der Waals surface area contributed by atoms with Crippen molar-refractivity contribution < 1.29 is 19.1 Å². The molecule has 1 heterocycles. The number of methoxy groups -OCH3 is 2. The zero-order chi connectivity index (χ0) is 14.5. The number of carbonyl (C=O) groups is 2. The van der Waals surface area contributed by atoms with E-state index in [0.717, 1.165) is 5.39 Å².